The summed E-state index contributed by atoms with van der Waals surface area (Å²) in [6, 6.07) is 7.30. The molecule has 0 atom stereocenters. The molecule has 0 spiro atoms. The van der Waals surface area contributed by atoms with Crippen molar-refractivity contribution in [2.24, 2.45) is 0 Å². The lowest BCUT2D eigenvalue weighted by Gasteiger charge is -2.09. The van der Waals surface area contributed by atoms with Gasteiger partial charge in [-0.3, -0.25) is 5.32 Å². The van der Waals surface area contributed by atoms with E-state index in [1.807, 2.05) is 29.6 Å². The number of anilines is 2. The number of aromatic nitrogens is 1. The largest absolute Gasteiger partial charge is 0.399 e. The van der Waals surface area contributed by atoms with E-state index in [9.17, 15) is 4.79 Å². The fourth-order valence-corrected chi connectivity index (χ4v) is 2.07. The molecule has 6 heteroatoms. The smallest absolute Gasteiger partial charge is 0.323 e. The van der Waals surface area contributed by atoms with E-state index in [0.29, 0.717) is 10.8 Å². The predicted octanol–water partition coefficient (Wildman–Crippen LogP) is 2.49. The highest BCUT2D eigenvalue weighted by molar-refractivity contribution is 7.14. The number of carbonyl (C=O) groups excluding carboxylic acids is 1. The minimum Gasteiger partial charge on any atom is -0.399 e. The third-order valence-electron chi connectivity index (χ3n) is 2.31. The maximum Gasteiger partial charge on any atom is 0.323 e. The number of nitrogens with one attached hydrogen (secondary N) is 1. The average molecular weight is 262 g/mol. The maximum absolute atomic E-state index is 11.5. The number of hydrogen-bond donors (Lipinski definition) is 2. The molecule has 0 bridgehead atoms. The van der Waals surface area contributed by atoms with Crippen LogP contribution in [0, 0.1) is 0 Å². The molecule has 0 saturated carbocycles. The summed E-state index contributed by atoms with van der Waals surface area (Å²) >= 11 is 1.39. The van der Waals surface area contributed by atoms with Gasteiger partial charge in [0.15, 0.2) is 5.13 Å². The van der Waals surface area contributed by atoms with E-state index in [4.69, 9.17) is 5.73 Å². The number of nitrogens with zero attached hydrogens (tertiary/aromatic N) is 2. The van der Waals surface area contributed by atoms with Crippen molar-refractivity contribution in [2.75, 3.05) is 25.1 Å². The molecule has 0 aliphatic carbocycles. The molecule has 5 nitrogen and oxygen atoms in total. The molecular weight excluding hydrogens is 248 g/mol. The Morgan fingerprint density at radius 2 is 2.22 bits per heavy atom. The first-order chi connectivity index (χ1) is 8.56. The molecule has 2 aromatic rings. The molecule has 1 aromatic carbocycles. The summed E-state index contributed by atoms with van der Waals surface area (Å²) in [5, 5.41) is 5.17. The Labute approximate surface area is 109 Å². The van der Waals surface area contributed by atoms with Crippen LogP contribution in [0.5, 0.6) is 0 Å². The molecule has 3 N–H and O–H groups in total. The number of thiazole rings is 1. The zero-order valence-electron chi connectivity index (χ0n) is 10.2. The molecule has 0 unspecified atom stereocenters. The summed E-state index contributed by atoms with van der Waals surface area (Å²) in [5.41, 5.74) is 8.16. The van der Waals surface area contributed by atoms with Gasteiger partial charge in [-0.1, -0.05) is 12.1 Å². The molecule has 18 heavy (non-hydrogen) atoms. The zero-order valence-corrected chi connectivity index (χ0v) is 11.0. The van der Waals surface area contributed by atoms with Crippen molar-refractivity contribution in [3.8, 4) is 11.3 Å². The lowest BCUT2D eigenvalue weighted by molar-refractivity contribution is 0.230. The van der Waals surface area contributed by atoms with Gasteiger partial charge < -0.3 is 10.6 Å². The summed E-state index contributed by atoms with van der Waals surface area (Å²) in [6.45, 7) is 0. The number of benzene rings is 1. The first-order valence-corrected chi connectivity index (χ1v) is 6.24. The van der Waals surface area contributed by atoms with Crippen LogP contribution in [0.2, 0.25) is 0 Å². The molecule has 1 heterocycles. The average Bonchev–Trinajstić information content (AvgIpc) is 2.77. The Bertz CT molecular complexity index is 565. The van der Waals surface area contributed by atoms with Crippen LogP contribution < -0.4 is 11.1 Å². The van der Waals surface area contributed by atoms with Crippen LogP contribution in [0.3, 0.4) is 0 Å². The zero-order chi connectivity index (χ0) is 13.1. The highest BCUT2D eigenvalue weighted by Gasteiger charge is 2.09. The standard InChI is InChI=1S/C12H14N4OS/c1-16(2)12(17)15-11-14-10(7-18-11)8-4-3-5-9(13)6-8/h3-7H,13H2,1-2H3,(H,14,15,17). The van der Waals surface area contributed by atoms with Crippen LogP contribution in [0.4, 0.5) is 15.6 Å². The van der Waals surface area contributed by atoms with Gasteiger partial charge >= 0.3 is 6.03 Å². The Hall–Kier alpha value is -2.08. The van der Waals surface area contributed by atoms with E-state index in [0.717, 1.165) is 11.3 Å². The second-order valence-electron chi connectivity index (χ2n) is 3.99. The van der Waals surface area contributed by atoms with E-state index < -0.39 is 0 Å². The molecule has 0 aliphatic heterocycles. The number of carbonyl (C=O) groups is 1. The number of amides is 2. The second-order valence-corrected chi connectivity index (χ2v) is 4.85. The van der Waals surface area contributed by atoms with Crippen molar-refractivity contribution in [3.63, 3.8) is 0 Å². The van der Waals surface area contributed by atoms with Crippen LogP contribution in [-0.2, 0) is 0 Å². The number of nitrogen functional groups attached to an aromatic ring is 1. The van der Waals surface area contributed by atoms with Crippen molar-refractivity contribution < 1.29 is 4.79 Å². The minimum atomic E-state index is -0.191. The molecular formula is C12H14N4OS. The third-order valence-corrected chi connectivity index (χ3v) is 3.06. The van der Waals surface area contributed by atoms with Gasteiger partial charge in [0.1, 0.15) is 0 Å². The van der Waals surface area contributed by atoms with E-state index in [1.54, 1.807) is 14.1 Å². The second kappa shape index (κ2) is 5.05. The van der Waals surface area contributed by atoms with Gasteiger partial charge in [0.05, 0.1) is 5.69 Å². The number of hydrogen-bond acceptors (Lipinski definition) is 4. The fraction of sp³-hybridized carbons (Fsp3) is 0.167. The van der Waals surface area contributed by atoms with Crippen LogP contribution >= 0.6 is 11.3 Å². The van der Waals surface area contributed by atoms with Gasteiger partial charge in [0.25, 0.3) is 0 Å². The molecule has 94 valence electrons. The van der Waals surface area contributed by atoms with Gasteiger partial charge in [-0.2, -0.15) is 0 Å². The number of nitrogens with two attached hydrogens (primary N) is 1. The third kappa shape index (κ3) is 2.78. The van der Waals surface area contributed by atoms with Gasteiger partial charge in [0.2, 0.25) is 0 Å². The molecule has 2 rings (SSSR count). The molecule has 0 aliphatic rings. The Morgan fingerprint density at radius 1 is 1.44 bits per heavy atom. The lowest BCUT2D eigenvalue weighted by atomic mass is 10.1. The Morgan fingerprint density at radius 3 is 2.89 bits per heavy atom. The van der Waals surface area contributed by atoms with E-state index in [-0.39, 0.29) is 6.03 Å². The maximum atomic E-state index is 11.5. The number of rotatable bonds is 2. The first-order valence-electron chi connectivity index (χ1n) is 5.36. The SMILES string of the molecule is CN(C)C(=O)Nc1nc(-c2cccc(N)c2)cs1. The molecule has 0 saturated heterocycles. The van der Waals surface area contributed by atoms with Crippen LogP contribution in [0.1, 0.15) is 0 Å². The van der Waals surface area contributed by atoms with Crippen molar-refractivity contribution in [2.45, 2.75) is 0 Å². The molecule has 1 aromatic heterocycles. The van der Waals surface area contributed by atoms with Gasteiger partial charge in [-0.15, -0.1) is 11.3 Å². The minimum absolute atomic E-state index is 0.191. The van der Waals surface area contributed by atoms with Gasteiger partial charge in [0, 0.05) is 30.7 Å². The first kappa shape index (κ1) is 12.4. The summed E-state index contributed by atoms with van der Waals surface area (Å²) < 4.78 is 0. The summed E-state index contributed by atoms with van der Waals surface area (Å²) in [5.74, 6) is 0. The molecule has 0 radical (unpaired) electrons. The quantitative estimate of drug-likeness (QED) is 0.817. The normalized spacial score (nSPS) is 10.1. The van der Waals surface area contributed by atoms with E-state index in [2.05, 4.69) is 10.3 Å². The topological polar surface area (TPSA) is 71.2 Å². The van der Waals surface area contributed by atoms with Crippen molar-refractivity contribution in [1.29, 1.82) is 0 Å². The van der Waals surface area contributed by atoms with Crippen molar-refractivity contribution in [1.82, 2.24) is 9.88 Å². The predicted molar refractivity (Wildman–Crippen MR) is 74.7 cm³/mol. The summed E-state index contributed by atoms with van der Waals surface area (Å²) in [6.07, 6.45) is 0. The monoisotopic (exact) mass is 262 g/mol. The highest BCUT2D eigenvalue weighted by Crippen LogP contribution is 2.26. The van der Waals surface area contributed by atoms with Gasteiger partial charge in [-0.25, -0.2) is 9.78 Å². The highest BCUT2D eigenvalue weighted by atomic mass is 32.1. The Kier molecular flexibility index (Phi) is 3.47. The van der Waals surface area contributed by atoms with Crippen LogP contribution in [0.25, 0.3) is 11.3 Å². The van der Waals surface area contributed by atoms with Crippen molar-refractivity contribution in [3.05, 3.63) is 29.6 Å². The fourth-order valence-electron chi connectivity index (χ4n) is 1.37. The van der Waals surface area contributed by atoms with Gasteiger partial charge in [-0.05, 0) is 12.1 Å². The van der Waals surface area contributed by atoms with E-state index in [1.165, 1.54) is 16.2 Å². The molecule has 0 fully saturated rings. The number of urea groups is 1. The van der Waals surface area contributed by atoms with Crippen LogP contribution in [0.15, 0.2) is 29.6 Å². The summed E-state index contributed by atoms with van der Waals surface area (Å²) in [4.78, 5) is 17.3. The van der Waals surface area contributed by atoms with Crippen LogP contribution in [-0.4, -0.2) is 30.0 Å². The summed E-state index contributed by atoms with van der Waals surface area (Å²) in [7, 11) is 3.36. The lowest BCUT2D eigenvalue weighted by Crippen LogP contribution is -2.27. The van der Waals surface area contributed by atoms with E-state index >= 15 is 0 Å². The Balaban J connectivity index is 2.18. The van der Waals surface area contributed by atoms with Crippen molar-refractivity contribution >= 4 is 28.2 Å². The molecule has 2 amide bonds.